The molecule has 1 fully saturated rings. The molecule has 0 spiro atoms. The lowest BCUT2D eigenvalue weighted by molar-refractivity contribution is -0.123. The van der Waals surface area contributed by atoms with Gasteiger partial charge >= 0.3 is 0 Å². The number of hydrazone groups is 1. The summed E-state index contributed by atoms with van der Waals surface area (Å²) in [6.07, 6.45) is 0.941. The van der Waals surface area contributed by atoms with Gasteiger partial charge in [0.25, 0.3) is 5.91 Å². The van der Waals surface area contributed by atoms with E-state index < -0.39 is 0 Å². The number of nitrogens with one attached hydrogen (secondary N) is 1. The summed E-state index contributed by atoms with van der Waals surface area (Å²) in [5.74, 6) is 3.08. The Morgan fingerprint density at radius 2 is 1.76 bits per heavy atom. The van der Waals surface area contributed by atoms with Crippen LogP contribution in [0.1, 0.15) is 12.0 Å². The maximum absolute atomic E-state index is 11.7. The molecule has 1 aliphatic heterocycles. The van der Waals surface area contributed by atoms with E-state index in [-0.39, 0.29) is 12.5 Å². The summed E-state index contributed by atoms with van der Waals surface area (Å²) >= 11 is 1.82. The Morgan fingerprint density at radius 1 is 1.04 bits per heavy atom. The van der Waals surface area contributed by atoms with Gasteiger partial charge in [-0.15, -0.1) is 0 Å². The number of amides is 1. The Morgan fingerprint density at radius 3 is 2.44 bits per heavy atom. The van der Waals surface area contributed by atoms with Crippen LogP contribution in [0.5, 0.6) is 11.5 Å². The molecule has 1 saturated heterocycles. The van der Waals surface area contributed by atoms with Gasteiger partial charge in [0.2, 0.25) is 0 Å². The Kier molecular flexibility index (Phi) is 6.34. The van der Waals surface area contributed by atoms with Crippen molar-refractivity contribution in [1.82, 2.24) is 5.43 Å². The summed E-state index contributed by atoms with van der Waals surface area (Å²) in [4.78, 5) is 11.7. The second-order valence-corrected chi connectivity index (χ2v) is 6.66. The summed E-state index contributed by atoms with van der Waals surface area (Å²) < 4.78 is 11.2. The molecule has 5 nitrogen and oxygen atoms in total. The van der Waals surface area contributed by atoms with E-state index in [0.29, 0.717) is 12.4 Å². The number of hydrogen-bond donors (Lipinski definition) is 1. The molecule has 2 aromatic carbocycles. The van der Waals surface area contributed by atoms with E-state index in [0.717, 1.165) is 35.0 Å². The normalized spacial score (nSPS) is 15.1. The lowest BCUT2D eigenvalue weighted by Crippen LogP contribution is -2.25. The van der Waals surface area contributed by atoms with Crippen LogP contribution in [-0.4, -0.2) is 29.7 Å². The van der Waals surface area contributed by atoms with Crippen molar-refractivity contribution in [2.45, 2.75) is 13.0 Å². The summed E-state index contributed by atoms with van der Waals surface area (Å²) in [7, 11) is 0. The minimum absolute atomic E-state index is 0.0614. The van der Waals surface area contributed by atoms with Crippen LogP contribution in [0.4, 0.5) is 0 Å². The highest BCUT2D eigenvalue weighted by Crippen LogP contribution is 2.18. The first-order valence-electron chi connectivity index (χ1n) is 8.11. The largest absolute Gasteiger partial charge is 0.489 e. The van der Waals surface area contributed by atoms with E-state index in [1.54, 1.807) is 12.1 Å². The molecular weight excluding hydrogens is 336 g/mol. The first-order chi connectivity index (χ1) is 12.3. The van der Waals surface area contributed by atoms with Gasteiger partial charge in [-0.1, -0.05) is 30.3 Å². The Hall–Kier alpha value is -2.47. The smallest absolute Gasteiger partial charge is 0.277 e. The van der Waals surface area contributed by atoms with Gasteiger partial charge in [-0.05, 0) is 42.0 Å². The quantitative estimate of drug-likeness (QED) is 0.774. The number of carbonyl (C=O) groups excluding carboxylic acids is 1. The molecule has 0 bridgehead atoms. The minimum Gasteiger partial charge on any atom is -0.489 e. The van der Waals surface area contributed by atoms with Gasteiger partial charge in [-0.3, -0.25) is 4.79 Å². The third kappa shape index (κ3) is 5.83. The van der Waals surface area contributed by atoms with Crippen LogP contribution in [0.15, 0.2) is 59.7 Å². The average molecular weight is 356 g/mol. The molecule has 0 aliphatic carbocycles. The van der Waals surface area contributed by atoms with E-state index in [2.05, 4.69) is 10.5 Å². The molecule has 0 saturated carbocycles. The molecule has 2 aromatic rings. The van der Waals surface area contributed by atoms with Gasteiger partial charge < -0.3 is 9.47 Å². The van der Waals surface area contributed by atoms with Crippen molar-refractivity contribution in [1.29, 1.82) is 0 Å². The van der Waals surface area contributed by atoms with Crippen LogP contribution >= 0.6 is 11.8 Å². The number of ether oxygens (including phenoxy) is 2. The standard InChI is InChI=1S/C19H20N2O3S/c22-19(21-20-16-10-11-25-14-16)13-24-18-8-6-17(7-9-18)23-12-15-4-2-1-3-5-15/h1-9H,10-14H2,(H,21,22)/b20-16+. The highest BCUT2D eigenvalue weighted by molar-refractivity contribution is 8.00. The van der Waals surface area contributed by atoms with Crippen molar-refractivity contribution in [2.75, 3.05) is 18.1 Å². The highest BCUT2D eigenvalue weighted by Gasteiger charge is 2.09. The molecule has 1 heterocycles. The summed E-state index contributed by atoms with van der Waals surface area (Å²) in [5, 5.41) is 4.10. The molecule has 3 rings (SSSR count). The molecule has 0 radical (unpaired) electrons. The van der Waals surface area contributed by atoms with E-state index >= 15 is 0 Å². The Labute approximate surface area is 151 Å². The summed E-state index contributed by atoms with van der Waals surface area (Å²) in [6, 6.07) is 17.2. The molecular formula is C19H20N2O3S. The SMILES string of the molecule is O=C(COc1ccc(OCc2ccccc2)cc1)N/N=C1\CCSC1. The van der Waals surface area contributed by atoms with Gasteiger partial charge in [0.15, 0.2) is 6.61 Å². The molecule has 0 atom stereocenters. The Balaban J connectivity index is 1.41. The van der Waals surface area contributed by atoms with Gasteiger partial charge in [-0.2, -0.15) is 16.9 Å². The minimum atomic E-state index is -0.256. The number of nitrogens with zero attached hydrogens (tertiary/aromatic N) is 1. The van der Waals surface area contributed by atoms with Gasteiger partial charge in [-0.25, -0.2) is 5.43 Å². The lowest BCUT2D eigenvalue weighted by atomic mass is 10.2. The van der Waals surface area contributed by atoms with E-state index in [4.69, 9.17) is 9.47 Å². The first kappa shape index (κ1) is 17.4. The van der Waals surface area contributed by atoms with Crippen LogP contribution < -0.4 is 14.9 Å². The third-order valence-corrected chi connectivity index (χ3v) is 4.61. The van der Waals surface area contributed by atoms with Crippen LogP contribution in [-0.2, 0) is 11.4 Å². The molecule has 0 unspecified atom stereocenters. The van der Waals surface area contributed by atoms with Crippen molar-refractivity contribution in [3.63, 3.8) is 0 Å². The number of benzene rings is 2. The van der Waals surface area contributed by atoms with Crippen molar-refractivity contribution < 1.29 is 14.3 Å². The zero-order valence-electron chi connectivity index (χ0n) is 13.8. The fraction of sp³-hybridized carbons (Fsp3) is 0.263. The van der Waals surface area contributed by atoms with Crippen LogP contribution in [0.3, 0.4) is 0 Å². The zero-order chi connectivity index (χ0) is 17.3. The Bertz CT molecular complexity index is 709. The monoisotopic (exact) mass is 356 g/mol. The first-order valence-corrected chi connectivity index (χ1v) is 9.27. The molecule has 130 valence electrons. The summed E-state index contributed by atoms with van der Waals surface area (Å²) in [6.45, 7) is 0.455. The zero-order valence-corrected chi connectivity index (χ0v) is 14.6. The molecule has 6 heteroatoms. The lowest BCUT2D eigenvalue weighted by Gasteiger charge is -2.08. The third-order valence-electron chi connectivity index (χ3n) is 3.58. The fourth-order valence-corrected chi connectivity index (χ4v) is 3.20. The van der Waals surface area contributed by atoms with Crippen molar-refractivity contribution in [2.24, 2.45) is 5.10 Å². The number of thioether (sulfide) groups is 1. The van der Waals surface area contributed by atoms with E-state index in [9.17, 15) is 4.79 Å². The fourth-order valence-electron chi connectivity index (χ4n) is 2.24. The number of carbonyl (C=O) groups is 1. The van der Waals surface area contributed by atoms with Gasteiger partial charge in [0.1, 0.15) is 18.1 Å². The molecule has 1 aliphatic rings. The van der Waals surface area contributed by atoms with E-state index in [1.165, 1.54) is 0 Å². The van der Waals surface area contributed by atoms with Crippen LogP contribution in [0, 0.1) is 0 Å². The average Bonchev–Trinajstić information content (AvgIpc) is 3.18. The maximum atomic E-state index is 11.7. The number of hydrogen-bond acceptors (Lipinski definition) is 5. The molecule has 1 N–H and O–H groups in total. The maximum Gasteiger partial charge on any atom is 0.277 e. The second kappa shape index (κ2) is 9.13. The predicted molar refractivity (Wildman–Crippen MR) is 100 cm³/mol. The molecule has 0 aromatic heterocycles. The molecule has 25 heavy (non-hydrogen) atoms. The second-order valence-electron chi connectivity index (χ2n) is 5.55. The van der Waals surface area contributed by atoms with Crippen LogP contribution in [0.25, 0.3) is 0 Å². The topological polar surface area (TPSA) is 59.9 Å². The van der Waals surface area contributed by atoms with Crippen molar-refractivity contribution in [3.8, 4) is 11.5 Å². The highest BCUT2D eigenvalue weighted by atomic mass is 32.2. The molecule has 1 amide bonds. The van der Waals surface area contributed by atoms with Gasteiger partial charge in [0.05, 0.1) is 0 Å². The van der Waals surface area contributed by atoms with Crippen LogP contribution in [0.2, 0.25) is 0 Å². The predicted octanol–water partition coefficient (Wildman–Crippen LogP) is 3.25. The van der Waals surface area contributed by atoms with E-state index in [1.807, 2.05) is 54.2 Å². The van der Waals surface area contributed by atoms with Crippen molar-refractivity contribution >= 4 is 23.4 Å². The summed E-state index contributed by atoms with van der Waals surface area (Å²) in [5.41, 5.74) is 4.67. The number of rotatable bonds is 7. The van der Waals surface area contributed by atoms with Gasteiger partial charge in [0, 0.05) is 11.5 Å². The van der Waals surface area contributed by atoms with Crippen molar-refractivity contribution in [3.05, 3.63) is 60.2 Å².